The van der Waals surface area contributed by atoms with Crippen LogP contribution in [0.2, 0.25) is 0 Å². The second-order valence-electron chi connectivity index (χ2n) is 9.74. The van der Waals surface area contributed by atoms with Crippen molar-refractivity contribution in [3.05, 3.63) is 97.1 Å². The van der Waals surface area contributed by atoms with Gasteiger partial charge < -0.3 is 20.1 Å². The van der Waals surface area contributed by atoms with Gasteiger partial charge in [0.1, 0.15) is 6.61 Å². The van der Waals surface area contributed by atoms with Gasteiger partial charge in [-0.15, -0.1) is 13.2 Å². The van der Waals surface area contributed by atoms with Crippen molar-refractivity contribution in [2.75, 3.05) is 19.8 Å². The average molecular weight is 535 g/mol. The van der Waals surface area contributed by atoms with Crippen LogP contribution in [0, 0.1) is 11.8 Å². The van der Waals surface area contributed by atoms with Crippen LogP contribution in [0.3, 0.4) is 0 Å². The monoisotopic (exact) mass is 534 g/mol. The number of esters is 1. The van der Waals surface area contributed by atoms with Crippen molar-refractivity contribution in [3.8, 4) is 0 Å². The fourth-order valence-corrected chi connectivity index (χ4v) is 4.29. The summed E-state index contributed by atoms with van der Waals surface area (Å²) in [6.45, 7) is 9.65. The molecule has 2 aromatic carbocycles. The van der Waals surface area contributed by atoms with Gasteiger partial charge in [0, 0.05) is 19.5 Å². The highest BCUT2D eigenvalue weighted by atomic mass is 16.5. The Morgan fingerprint density at radius 2 is 1.62 bits per heavy atom. The number of aliphatic hydroxyl groups excluding tert-OH is 1. The van der Waals surface area contributed by atoms with E-state index in [-0.39, 0.29) is 49.9 Å². The van der Waals surface area contributed by atoms with Crippen LogP contribution in [0.15, 0.2) is 86.0 Å². The summed E-state index contributed by atoms with van der Waals surface area (Å²) < 4.78 is 5.58. The molecular formula is C32H42N2O5. The first-order valence-corrected chi connectivity index (χ1v) is 13.5. The molecule has 0 fully saturated rings. The lowest BCUT2D eigenvalue weighted by atomic mass is 9.95. The summed E-state index contributed by atoms with van der Waals surface area (Å²) in [4.78, 5) is 40.5. The van der Waals surface area contributed by atoms with Crippen LogP contribution in [0.5, 0.6) is 0 Å². The number of amides is 2. The van der Waals surface area contributed by atoms with Gasteiger partial charge in [0.15, 0.2) is 0 Å². The average Bonchev–Trinajstić information content (AvgIpc) is 2.94. The Morgan fingerprint density at radius 3 is 2.21 bits per heavy atom. The van der Waals surface area contributed by atoms with Crippen molar-refractivity contribution in [1.29, 1.82) is 0 Å². The molecule has 0 spiro atoms. The largest absolute Gasteiger partial charge is 0.463 e. The number of ether oxygens (including phenoxy) is 1. The van der Waals surface area contributed by atoms with E-state index in [2.05, 4.69) is 18.5 Å². The standard InChI is InChI=1S/C32H42N2O5/c1-4-6-18-29(21-26-14-9-7-10-15-26)32(38)39-24-25(3)33-31(37)28(13-5-2)22-30(36)34(19-20-35)23-27-16-11-8-12-17-27/h4-5,7-12,14-17,25,28-29,35H,1-2,6,13,18-24H2,3H3,(H,33,37)/t25-,28+,29+/m0/s1. The highest BCUT2D eigenvalue weighted by Crippen LogP contribution is 2.18. The van der Waals surface area contributed by atoms with Gasteiger partial charge in [0.05, 0.1) is 24.5 Å². The maximum atomic E-state index is 13.1. The third-order valence-corrected chi connectivity index (χ3v) is 6.42. The lowest BCUT2D eigenvalue weighted by molar-refractivity contribution is -0.150. The fourth-order valence-electron chi connectivity index (χ4n) is 4.29. The summed E-state index contributed by atoms with van der Waals surface area (Å²) >= 11 is 0. The molecule has 0 aliphatic heterocycles. The van der Waals surface area contributed by atoms with Gasteiger partial charge in [-0.2, -0.15) is 0 Å². The fraction of sp³-hybridized carbons (Fsp3) is 0.406. The van der Waals surface area contributed by atoms with Gasteiger partial charge in [-0.25, -0.2) is 0 Å². The first-order chi connectivity index (χ1) is 18.9. The molecule has 39 heavy (non-hydrogen) atoms. The molecular weight excluding hydrogens is 492 g/mol. The molecule has 2 aromatic rings. The van der Waals surface area contributed by atoms with Gasteiger partial charge in [0.2, 0.25) is 11.8 Å². The molecule has 3 atom stereocenters. The molecule has 0 aliphatic carbocycles. The minimum Gasteiger partial charge on any atom is -0.463 e. The van der Waals surface area contributed by atoms with E-state index in [1.165, 1.54) is 0 Å². The minimum atomic E-state index is -0.622. The van der Waals surface area contributed by atoms with E-state index in [9.17, 15) is 19.5 Å². The van der Waals surface area contributed by atoms with Crippen LogP contribution in [-0.2, 0) is 32.1 Å². The molecule has 0 saturated heterocycles. The summed E-state index contributed by atoms with van der Waals surface area (Å²) in [5.74, 6) is -1.76. The molecule has 0 heterocycles. The molecule has 0 aliphatic rings. The molecule has 2 rings (SSSR count). The molecule has 7 nitrogen and oxygen atoms in total. The molecule has 210 valence electrons. The van der Waals surface area contributed by atoms with Crippen LogP contribution >= 0.6 is 0 Å². The second kappa shape index (κ2) is 17.7. The lowest BCUT2D eigenvalue weighted by Crippen LogP contribution is -2.42. The summed E-state index contributed by atoms with van der Waals surface area (Å²) in [6.07, 6.45) is 5.62. The SMILES string of the molecule is C=CCC[C@H](Cc1ccccc1)C(=O)OC[C@H](C)NC(=O)[C@H](CC=C)CC(=O)N(CCO)Cc1ccccc1. The number of carbonyl (C=O) groups is 3. The van der Waals surface area contributed by atoms with E-state index in [0.29, 0.717) is 32.2 Å². The quantitative estimate of drug-likeness (QED) is 0.217. The van der Waals surface area contributed by atoms with Crippen molar-refractivity contribution in [1.82, 2.24) is 10.2 Å². The van der Waals surface area contributed by atoms with Crippen LogP contribution in [-0.4, -0.2) is 53.6 Å². The Hall–Kier alpha value is -3.71. The Balaban J connectivity index is 1.93. The summed E-state index contributed by atoms with van der Waals surface area (Å²) in [5.41, 5.74) is 2.00. The van der Waals surface area contributed by atoms with Gasteiger partial charge in [-0.3, -0.25) is 14.4 Å². The number of nitrogens with zero attached hydrogens (tertiary/aromatic N) is 1. The zero-order valence-electron chi connectivity index (χ0n) is 23.0. The molecule has 2 amide bonds. The van der Waals surface area contributed by atoms with Gasteiger partial charge in [0.25, 0.3) is 0 Å². The molecule has 7 heteroatoms. The molecule has 0 unspecified atom stereocenters. The number of hydrogen-bond donors (Lipinski definition) is 2. The molecule has 0 radical (unpaired) electrons. The van der Waals surface area contributed by atoms with Crippen molar-refractivity contribution < 1.29 is 24.2 Å². The summed E-state index contributed by atoms with van der Waals surface area (Å²) in [5, 5.41) is 12.3. The molecule has 0 bridgehead atoms. The number of carbonyl (C=O) groups excluding carboxylic acids is 3. The van der Waals surface area contributed by atoms with E-state index in [1.807, 2.05) is 60.7 Å². The van der Waals surface area contributed by atoms with Gasteiger partial charge >= 0.3 is 5.97 Å². The molecule has 0 aromatic heterocycles. The van der Waals surface area contributed by atoms with Crippen molar-refractivity contribution in [2.45, 2.75) is 51.6 Å². The van der Waals surface area contributed by atoms with Crippen molar-refractivity contribution in [2.24, 2.45) is 11.8 Å². The topological polar surface area (TPSA) is 95.9 Å². The highest BCUT2D eigenvalue weighted by molar-refractivity contribution is 5.86. The number of rotatable bonds is 18. The number of allylic oxidation sites excluding steroid dienone is 2. The van der Waals surface area contributed by atoms with Gasteiger partial charge in [-0.1, -0.05) is 72.8 Å². The van der Waals surface area contributed by atoms with Crippen LogP contribution < -0.4 is 5.32 Å². The maximum absolute atomic E-state index is 13.1. The predicted octanol–water partition coefficient (Wildman–Crippen LogP) is 4.46. The first-order valence-electron chi connectivity index (χ1n) is 13.5. The smallest absolute Gasteiger partial charge is 0.309 e. The van der Waals surface area contributed by atoms with E-state index in [0.717, 1.165) is 11.1 Å². The second-order valence-corrected chi connectivity index (χ2v) is 9.74. The zero-order chi connectivity index (χ0) is 28.5. The number of hydrogen-bond acceptors (Lipinski definition) is 5. The van der Waals surface area contributed by atoms with Gasteiger partial charge in [-0.05, 0) is 43.7 Å². The van der Waals surface area contributed by atoms with Crippen molar-refractivity contribution in [3.63, 3.8) is 0 Å². The summed E-state index contributed by atoms with van der Waals surface area (Å²) in [7, 11) is 0. The Labute approximate surface area is 232 Å². The Bertz CT molecular complexity index is 1040. The summed E-state index contributed by atoms with van der Waals surface area (Å²) in [6, 6.07) is 18.9. The van der Waals surface area contributed by atoms with E-state index < -0.39 is 12.0 Å². The normalized spacial score (nSPS) is 13.0. The Morgan fingerprint density at radius 1 is 0.974 bits per heavy atom. The number of nitrogens with one attached hydrogen (secondary N) is 1. The predicted molar refractivity (Wildman–Crippen MR) is 153 cm³/mol. The molecule has 2 N–H and O–H groups in total. The van der Waals surface area contributed by atoms with E-state index in [1.54, 1.807) is 24.0 Å². The minimum absolute atomic E-state index is 0.0160. The van der Waals surface area contributed by atoms with Crippen LogP contribution in [0.1, 0.15) is 43.7 Å². The molecule has 0 saturated carbocycles. The van der Waals surface area contributed by atoms with E-state index in [4.69, 9.17) is 4.74 Å². The number of benzene rings is 2. The first kappa shape index (κ1) is 31.5. The zero-order valence-corrected chi connectivity index (χ0v) is 23.0. The number of aliphatic hydroxyl groups is 1. The maximum Gasteiger partial charge on any atom is 0.309 e. The third kappa shape index (κ3) is 11.7. The third-order valence-electron chi connectivity index (χ3n) is 6.42. The lowest BCUT2D eigenvalue weighted by Gasteiger charge is -2.25. The van der Waals surface area contributed by atoms with Crippen LogP contribution in [0.25, 0.3) is 0 Å². The van der Waals surface area contributed by atoms with Crippen LogP contribution in [0.4, 0.5) is 0 Å². The van der Waals surface area contributed by atoms with E-state index >= 15 is 0 Å². The van der Waals surface area contributed by atoms with Crippen molar-refractivity contribution >= 4 is 17.8 Å². The Kier molecular flexibility index (Phi) is 14.3. The highest BCUT2D eigenvalue weighted by Gasteiger charge is 2.26.